The molecule has 0 aromatic heterocycles. The SMILES string of the molecule is NCCCCCC(=O)N1CCCC2C(=O)NCC21. The van der Waals surface area contributed by atoms with Gasteiger partial charge in [0.25, 0.3) is 0 Å². The Hall–Kier alpha value is -1.10. The van der Waals surface area contributed by atoms with E-state index in [4.69, 9.17) is 5.73 Å². The van der Waals surface area contributed by atoms with Crippen LogP contribution in [0, 0.1) is 5.92 Å². The van der Waals surface area contributed by atoms with Gasteiger partial charge in [0.2, 0.25) is 11.8 Å². The number of hydrogen-bond donors (Lipinski definition) is 2. The van der Waals surface area contributed by atoms with E-state index in [-0.39, 0.29) is 23.8 Å². The highest BCUT2D eigenvalue weighted by Gasteiger charge is 2.42. The molecule has 0 aromatic carbocycles. The molecule has 2 rings (SSSR count). The molecule has 0 aromatic rings. The number of hydrogen-bond acceptors (Lipinski definition) is 3. The zero-order valence-electron chi connectivity index (χ0n) is 10.9. The number of carbonyl (C=O) groups is 2. The molecule has 2 aliphatic rings. The third-order valence-corrected chi connectivity index (χ3v) is 4.02. The van der Waals surface area contributed by atoms with Gasteiger partial charge in [-0.1, -0.05) is 6.42 Å². The quantitative estimate of drug-likeness (QED) is 0.689. The van der Waals surface area contributed by atoms with Crippen LogP contribution in [0.3, 0.4) is 0 Å². The Morgan fingerprint density at radius 1 is 1.39 bits per heavy atom. The van der Waals surface area contributed by atoms with Crippen molar-refractivity contribution in [3.63, 3.8) is 0 Å². The molecule has 5 heteroatoms. The summed E-state index contributed by atoms with van der Waals surface area (Å²) in [5.41, 5.74) is 5.43. The first kappa shape index (κ1) is 13.3. The minimum Gasteiger partial charge on any atom is -0.354 e. The summed E-state index contributed by atoms with van der Waals surface area (Å²) in [7, 11) is 0. The maximum atomic E-state index is 12.2. The first-order valence-electron chi connectivity index (χ1n) is 7.01. The summed E-state index contributed by atoms with van der Waals surface area (Å²) in [4.78, 5) is 25.7. The number of amides is 2. The van der Waals surface area contributed by atoms with Crippen molar-refractivity contribution in [1.82, 2.24) is 10.2 Å². The molecule has 3 N–H and O–H groups in total. The molecule has 2 unspecified atom stereocenters. The van der Waals surface area contributed by atoms with Crippen molar-refractivity contribution in [2.75, 3.05) is 19.6 Å². The van der Waals surface area contributed by atoms with Crippen LogP contribution >= 0.6 is 0 Å². The highest BCUT2D eigenvalue weighted by molar-refractivity contribution is 5.84. The Kier molecular flexibility index (Phi) is 4.58. The molecule has 18 heavy (non-hydrogen) atoms. The van der Waals surface area contributed by atoms with Crippen LogP contribution in [0.4, 0.5) is 0 Å². The lowest BCUT2D eigenvalue weighted by Gasteiger charge is -2.36. The second-order valence-corrected chi connectivity index (χ2v) is 5.25. The standard InChI is InChI=1S/C13H23N3O2/c14-7-3-1-2-6-12(17)16-8-4-5-10-11(16)9-15-13(10)18/h10-11H,1-9,14H2,(H,15,18). The van der Waals surface area contributed by atoms with Gasteiger partial charge in [0.15, 0.2) is 0 Å². The first-order chi connectivity index (χ1) is 8.74. The van der Waals surface area contributed by atoms with E-state index in [1.807, 2.05) is 4.90 Å². The first-order valence-corrected chi connectivity index (χ1v) is 7.01. The molecule has 0 spiro atoms. The maximum absolute atomic E-state index is 12.2. The van der Waals surface area contributed by atoms with Gasteiger partial charge in [-0.05, 0) is 32.2 Å². The summed E-state index contributed by atoms with van der Waals surface area (Å²) in [6, 6.07) is 0.105. The topological polar surface area (TPSA) is 75.4 Å². The number of rotatable bonds is 5. The van der Waals surface area contributed by atoms with Crippen molar-refractivity contribution in [3.8, 4) is 0 Å². The number of nitrogens with two attached hydrogens (primary N) is 1. The predicted molar refractivity (Wildman–Crippen MR) is 68.8 cm³/mol. The molecule has 0 saturated carbocycles. The van der Waals surface area contributed by atoms with Gasteiger partial charge in [0.1, 0.15) is 0 Å². The molecule has 5 nitrogen and oxygen atoms in total. The lowest BCUT2D eigenvalue weighted by Crippen LogP contribution is -2.48. The number of fused-ring (bicyclic) bond motifs is 1. The van der Waals surface area contributed by atoms with E-state index in [1.54, 1.807) is 0 Å². The molecular weight excluding hydrogens is 230 g/mol. The van der Waals surface area contributed by atoms with Gasteiger partial charge in [-0.15, -0.1) is 0 Å². The third-order valence-electron chi connectivity index (χ3n) is 4.02. The van der Waals surface area contributed by atoms with Crippen LogP contribution in [0.2, 0.25) is 0 Å². The van der Waals surface area contributed by atoms with Crippen LogP contribution in [-0.2, 0) is 9.59 Å². The molecular formula is C13H23N3O2. The fourth-order valence-electron chi connectivity index (χ4n) is 3.00. The van der Waals surface area contributed by atoms with Crippen LogP contribution in [-0.4, -0.2) is 42.4 Å². The van der Waals surface area contributed by atoms with Crippen LogP contribution in [0.25, 0.3) is 0 Å². The van der Waals surface area contributed by atoms with Gasteiger partial charge in [-0.2, -0.15) is 0 Å². The molecule has 102 valence electrons. The van der Waals surface area contributed by atoms with Gasteiger partial charge in [-0.3, -0.25) is 9.59 Å². The molecule has 0 bridgehead atoms. The molecule has 2 atom stereocenters. The molecule has 0 aliphatic carbocycles. The number of nitrogens with zero attached hydrogens (tertiary/aromatic N) is 1. The summed E-state index contributed by atoms with van der Waals surface area (Å²) in [5.74, 6) is 0.366. The monoisotopic (exact) mass is 253 g/mol. The van der Waals surface area contributed by atoms with Crippen LogP contribution < -0.4 is 11.1 Å². The summed E-state index contributed by atoms with van der Waals surface area (Å²) in [5, 5.41) is 2.87. The van der Waals surface area contributed by atoms with Gasteiger partial charge in [0, 0.05) is 19.5 Å². The van der Waals surface area contributed by atoms with Crippen LogP contribution in [0.5, 0.6) is 0 Å². The van der Waals surface area contributed by atoms with Gasteiger partial charge in [0.05, 0.1) is 12.0 Å². The minimum absolute atomic E-state index is 0.0340. The highest BCUT2D eigenvalue weighted by Crippen LogP contribution is 2.28. The van der Waals surface area contributed by atoms with E-state index >= 15 is 0 Å². The molecule has 2 amide bonds. The van der Waals surface area contributed by atoms with Crippen molar-refractivity contribution < 1.29 is 9.59 Å². The van der Waals surface area contributed by atoms with Crippen molar-refractivity contribution in [1.29, 1.82) is 0 Å². The number of likely N-dealkylation sites (tertiary alicyclic amines) is 1. The number of unbranched alkanes of at least 4 members (excludes halogenated alkanes) is 2. The van der Waals surface area contributed by atoms with Gasteiger partial charge >= 0.3 is 0 Å². The average Bonchev–Trinajstić information content (AvgIpc) is 2.76. The zero-order valence-corrected chi connectivity index (χ0v) is 10.9. The Morgan fingerprint density at radius 2 is 2.22 bits per heavy atom. The summed E-state index contributed by atoms with van der Waals surface area (Å²) >= 11 is 0. The fraction of sp³-hybridized carbons (Fsp3) is 0.846. The smallest absolute Gasteiger partial charge is 0.225 e. The van der Waals surface area contributed by atoms with Crippen LogP contribution in [0.15, 0.2) is 0 Å². The Balaban J connectivity index is 1.83. The van der Waals surface area contributed by atoms with Crippen molar-refractivity contribution >= 4 is 11.8 Å². The third kappa shape index (κ3) is 2.83. The molecule has 2 heterocycles. The molecule has 0 radical (unpaired) electrons. The Labute approximate surface area is 108 Å². The molecule has 2 aliphatic heterocycles. The summed E-state index contributed by atoms with van der Waals surface area (Å²) in [6.07, 6.45) is 5.38. The molecule has 2 saturated heterocycles. The fourth-order valence-corrected chi connectivity index (χ4v) is 3.00. The normalized spacial score (nSPS) is 26.9. The van der Waals surface area contributed by atoms with E-state index in [0.717, 1.165) is 38.6 Å². The Bertz CT molecular complexity index is 319. The number of nitrogens with one attached hydrogen (secondary N) is 1. The van der Waals surface area contributed by atoms with E-state index in [1.165, 1.54) is 0 Å². The predicted octanol–water partition coefficient (Wildman–Crippen LogP) is 0.243. The second-order valence-electron chi connectivity index (χ2n) is 5.25. The maximum Gasteiger partial charge on any atom is 0.225 e. The van der Waals surface area contributed by atoms with E-state index in [0.29, 0.717) is 19.5 Å². The average molecular weight is 253 g/mol. The van der Waals surface area contributed by atoms with E-state index in [2.05, 4.69) is 5.32 Å². The van der Waals surface area contributed by atoms with Crippen LogP contribution in [0.1, 0.15) is 38.5 Å². The number of piperidine rings is 1. The largest absolute Gasteiger partial charge is 0.354 e. The highest BCUT2D eigenvalue weighted by atomic mass is 16.2. The zero-order chi connectivity index (χ0) is 13.0. The lowest BCUT2D eigenvalue weighted by atomic mass is 9.91. The summed E-state index contributed by atoms with van der Waals surface area (Å²) < 4.78 is 0. The van der Waals surface area contributed by atoms with Crippen molar-refractivity contribution in [3.05, 3.63) is 0 Å². The Morgan fingerprint density at radius 3 is 3.00 bits per heavy atom. The van der Waals surface area contributed by atoms with E-state index < -0.39 is 0 Å². The second kappa shape index (κ2) is 6.18. The van der Waals surface area contributed by atoms with Gasteiger partial charge in [-0.25, -0.2) is 0 Å². The van der Waals surface area contributed by atoms with Crippen molar-refractivity contribution in [2.45, 2.75) is 44.6 Å². The lowest BCUT2D eigenvalue weighted by molar-refractivity contribution is -0.136. The molecule has 2 fully saturated rings. The van der Waals surface area contributed by atoms with Gasteiger partial charge < -0.3 is 16.0 Å². The number of carbonyl (C=O) groups excluding carboxylic acids is 2. The van der Waals surface area contributed by atoms with E-state index in [9.17, 15) is 9.59 Å². The summed E-state index contributed by atoms with van der Waals surface area (Å²) in [6.45, 7) is 2.14. The minimum atomic E-state index is 0.0340. The van der Waals surface area contributed by atoms with Crippen molar-refractivity contribution in [2.24, 2.45) is 11.7 Å².